The zero-order valence-corrected chi connectivity index (χ0v) is 5.42. The van der Waals surface area contributed by atoms with E-state index in [1.165, 1.54) is 0 Å². The number of rotatable bonds is 2. The molecule has 10 heavy (non-hydrogen) atoms. The highest BCUT2D eigenvalue weighted by molar-refractivity contribution is 5.72. The molecule has 3 nitrogen and oxygen atoms in total. The van der Waals surface area contributed by atoms with Gasteiger partial charge in [0, 0.05) is 12.5 Å². The van der Waals surface area contributed by atoms with Gasteiger partial charge in [0.05, 0.1) is 6.61 Å². The topological polar surface area (TPSA) is 46.5 Å². The van der Waals surface area contributed by atoms with Gasteiger partial charge in [-0.15, -0.1) is 0 Å². The molecule has 0 aromatic rings. The van der Waals surface area contributed by atoms with Crippen LogP contribution in [0.4, 0.5) is 4.39 Å². The van der Waals surface area contributed by atoms with Crippen LogP contribution in [0.25, 0.3) is 0 Å². The first-order valence-electron chi connectivity index (χ1n) is 3.16. The molecule has 58 valence electrons. The smallest absolute Gasteiger partial charge is 0.338 e. The summed E-state index contributed by atoms with van der Waals surface area (Å²) in [5.41, 5.74) is 0. The Balaban J connectivity index is 2.39. The Morgan fingerprint density at radius 1 is 1.80 bits per heavy atom. The number of carboxylic acids is 1. The number of carbonyl (C=O) groups is 1. The highest BCUT2D eigenvalue weighted by Gasteiger charge is 2.30. The second kappa shape index (κ2) is 2.96. The Bertz CT molecular complexity index is 131. The highest BCUT2D eigenvalue weighted by atomic mass is 19.1. The van der Waals surface area contributed by atoms with Crippen molar-refractivity contribution in [3.63, 3.8) is 0 Å². The van der Waals surface area contributed by atoms with Crippen LogP contribution in [-0.2, 0) is 9.53 Å². The summed E-state index contributed by atoms with van der Waals surface area (Å²) in [6, 6.07) is 0. The molecule has 0 aromatic carbocycles. The molecule has 4 heteroatoms. The van der Waals surface area contributed by atoms with Gasteiger partial charge in [-0.1, -0.05) is 0 Å². The number of carboxylic acid groups (broad SMARTS) is 1. The van der Waals surface area contributed by atoms with E-state index < -0.39 is 18.1 Å². The third-order valence-corrected chi connectivity index (χ3v) is 1.61. The minimum Gasteiger partial charge on any atom is -0.479 e. The highest BCUT2D eigenvalue weighted by Crippen LogP contribution is 2.18. The Labute approximate surface area is 57.8 Å². The zero-order valence-electron chi connectivity index (χ0n) is 5.42. The molecule has 0 aliphatic carbocycles. The first-order valence-corrected chi connectivity index (χ1v) is 3.16. The summed E-state index contributed by atoms with van der Waals surface area (Å²) in [5.74, 6) is -1.81. The van der Waals surface area contributed by atoms with Gasteiger partial charge in [0.25, 0.3) is 0 Å². The summed E-state index contributed by atoms with van der Waals surface area (Å²) in [6.45, 7) is 0.728. The number of hydrogen-bond acceptors (Lipinski definition) is 2. The third-order valence-electron chi connectivity index (χ3n) is 1.61. The molecule has 0 amide bonds. The average molecular weight is 148 g/mol. The minimum absolute atomic E-state index is 0.244. The van der Waals surface area contributed by atoms with Crippen molar-refractivity contribution in [2.24, 2.45) is 5.92 Å². The maximum Gasteiger partial charge on any atom is 0.338 e. The van der Waals surface area contributed by atoms with Crippen LogP contribution in [0.5, 0.6) is 0 Å². The van der Waals surface area contributed by atoms with Gasteiger partial charge in [-0.05, 0) is 6.42 Å². The molecular formula is C6H9FO3. The van der Waals surface area contributed by atoms with E-state index in [-0.39, 0.29) is 6.61 Å². The normalized spacial score (nSPS) is 28.3. The van der Waals surface area contributed by atoms with Crippen LogP contribution >= 0.6 is 0 Å². The Morgan fingerprint density at radius 3 is 2.90 bits per heavy atom. The van der Waals surface area contributed by atoms with E-state index in [1.807, 2.05) is 0 Å². The molecule has 0 bridgehead atoms. The fourth-order valence-electron chi connectivity index (χ4n) is 0.985. The number of ether oxygens (including phenoxy) is 1. The third kappa shape index (κ3) is 1.44. The van der Waals surface area contributed by atoms with Crippen molar-refractivity contribution in [3.05, 3.63) is 0 Å². The molecule has 1 aliphatic rings. The van der Waals surface area contributed by atoms with Gasteiger partial charge >= 0.3 is 5.97 Å². The molecule has 0 radical (unpaired) electrons. The van der Waals surface area contributed by atoms with Crippen LogP contribution < -0.4 is 0 Å². The molecule has 0 spiro atoms. The van der Waals surface area contributed by atoms with Crippen molar-refractivity contribution in [1.82, 2.24) is 0 Å². The average Bonchev–Trinajstić information content (AvgIpc) is 2.36. The summed E-state index contributed by atoms with van der Waals surface area (Å²) in [6.07, 6.45) is -1.23. The van der Waals surface area contributed by atoms with Crippen molar-refractivity contribution in [2.75, 3.05) is 13.2 Å². The summed E-state index contributed by atoms with van der Waals surface area (Å²) >= 11 is 0. The lowest BCUT2D eigenvalue weighted by atomic mass is 10.0. The lowest BCUT2D eigenvalue weighted by Gasteiger charge is -2.07. The maximum atomic E-state index is 12.6. The minimum atomic E-state index is -1.75. The monoisotopic (exact) mass is 148 g/mol. The first-order chi connectivity index (χ1) is 4.72. The number of aliphatic carboxylic acids is 1. The summed E-state index contributed by atoms with van der Waals surface area (Å²) in [5, 5.41) is 8.21. The Morgan fingerprint density at radius 2 is 2.50 bits per heavy atom. The van der Waals surface area contributed by atoms with Crippen LogP contribution in [0.2, 0.25) is 0 Å². The van der Waals surface area contributed by atoms with Crippen LogP contribution in [0, 0.1) is 5.92 Å². The van der Waals surface area contributed by atoms with Crippen LogP contribution in [-0.4, -0.2) is 30.5 Å². The molecule has 1 saturated heterocycles. The molecule has 2 atom stereocenters. The lowest BCUT2D eigenvalue weighted by molar-refractivity contribution is -0.144. The predicted molar refractivity (Wildman–Crippen MR) is 31.5 cm³/mol. The molecule has 1 N–H and O–H groups in total. The van der Waals surface area contributed by atoms with E-state index in [1.54, 1.807) is 0 Å². The van der Waals surface area contributed by atoms with Crippen LogP contribution in [0.15, 0.2) is 0 Å². The maximum absolute atomic E-state index is 12.6. The van der Waals surface area contributed by atoms with Crippen molar-refractivity contribution in [1.29, 1.82) is 0 Å². The van der Waals surface area contributed by atoms with E-state index >= 15 is 0 Å². The van der Waals surface area contributed by atoms with Gasteiger partial charge in [0.15, 0.2) is 0 Å². The fraction of sp³-hybridized carbons (Fsp3) is 0.833. The fourth-order valence-corrected chi connectivity index (χ4v) is 0.985. The van der Waals surface area contributed by atoms with Crippen molar-refractivity contribution in [3.8, 4) is 0 Å². The number of halogens is 1. The van der Waals surface area contributed by atoms with Crippen molar-refractivity contribution >= 4 is 5.97 Å². The molecule has 0 aromatic heterocycles. The van der Waals surface area contributed by atoms with E-state index in [0.717, 1.165) is 0 Å². The Hall–Kier alpha value is -0.640. The lowest BCUT2D eigenvalue weighted by Crippen LogP contribution is -2.25. The van der Waals surface area contributed by atoms with E-state index in [9.17, 15) is 9.18 Å². The van der Waals surface area contributed by atoms with E-state index in [0.29, 0.717) is 13.0 Å². The van der Waals surface area contributed by atoms with Crippen LogP contribution in [0.3, 0.4) is 0 Å². The molecule has 1 heterocycles. The molecule has 1 rings (SSSR count). The molecular weight excluding hydrogens is 139 g/mol. The van der Waals surface area contributed by atoms with Gasteiger partial charge in [0.1, 0.15) is 0 Å². The van der Waals surface area contributed by atoms with Gasteiger partial charge in [-0.25, -0.2) is 9.18 Å². The van der Waals surface area contributed by atoms with Crippen molar-refractivity contribution < 1.29 is 19.0 Å². The molecule has 1 fully saturated rings. The first kappa shape index (κ1) is 7.47. The van der Waals surface area contributed by atoms with Gasteiger partial charge < -0.3 is 9.84 Å². The van der Waals surface area contributed by atoms with Crippen LogP contribution in [0.1, 0.15) is 6.42 Å². The van der Waals surface area contributed by atoms with Gasteiger partial charge in [0.2, 0.25) is 6.17 Å². The molecule has 0 unspecified atom stereocenters. The summed E-state index contributed by atoms with van der Waals surface area (Å²) < 4.78 is 17.4. The molecule has 0 saturated carbocycles. The largest absolute Gasteiger partial charge is 0.479 e. The quantitative estimate of drug-likeness (QED) is 0.618. The zero-order chi connectivity index (χ0) is 7.56. The predicted octanol–water partition coefficient (Wildman–Crippen LogP) is 0.446. The Kier molecular flexibility index (Phi) is 2.21. The van der Waals surface area contributed by atoms with Gasteiger partial charge in [-0.2, -0.15) is 0 Å². The summed E-state index contributed by atoms with van der Waals surface area (Å²) in [4.78, 5) is 10.1. The standard InChI is InChI=1S/C6H9FO3/c7-5(6(8)9)4-1-2-10-3-4/h4-5H,1-3H2,(H,8,9)/t4-,5-/m0/s1. The van der Waals surface area contributed by atoms with E-state index in [4.69, 9.17) is 9.84 Å². The number of hydrogen-bond donors (Lipinski definition) is 1. The SMILES string of the molecule is O=C(O)[C@@H](F)[C@H]1CCOC1. The summed E-state index contributed by atoms with van der Waals surface area (Å²) in [7, 11) is 0. The number of alkyl halides is 1. The molecule has 1 aliphatic heterocycles. The van der Waals surface area contributed by atoms with Gasteiger partial charge in [-0.3, -0.25) is 0 Å². The second-order valence-corrected chi connectivity index (χ2v) is 2.36. The van der Waals surface area contributed by atoms with Crippen molar-refractivity contribution in [2.45, 2.75) is 12.6 Å². The second-order valence-electron chi connectivity index (χ2n) is 2.36. The van der Waals surface area contributed by atoms with E-state index in [2.05, 4.69) is 0 Å².